The highest BCUT2D eigenvalue weighted by atomic mass is 79.9. The number of hydrogen-bond donors (Lipinski definition) is 0. The molecule has 1 aromatic rings. The second-order valence-corrected chi connectivity index (χ2v) is 6.17. The summed E-state index contributed by atoms with van der Waals surface area (Å²) in [6.45, 7) is 2.67. The summed E-state index contributed by atoms with van der Waals surface area (Å²) in [7, 11) is 0. The van der Waals surface area contributed by atoms with Crippen molar-refractivity contribution in [3.63, 3.8) is 0 Å². The third-order valence-corrected chi connectivity index (χ3v) is 4.55. The molecular formula is C11H10Br2ClNO. The van der Waals surface area contributed by atoms with Crippen LogP contribution in [0.25, 0.3) is 0 Å². The number of carbonyl (C=O) groups excluding carboxylic acids is 1. The van der Waals surface area contributed by atoms with Gasteiger partial charge in [-0.1, -0.05) is 27.5 Å². The number of hydrogen-bond acceptors (Lipinski definition) is 1. The molecule has 2 nitrogen and oxygen atoms in total. The van der Waals surface area contributed by atoms with Crippen LogP contribution in [0.3, 0.4) is 0 Å². The molecule has 16 heavy (non-hydrogen) atoms. The zero-order valence-electron chi connectivity index (χ0n) is 8.64. The first-order valence-corrected chi connectivity index (χ1v) is 7.00. The lowest BCUT2D eigenvalue weighted by Crippen LogP contribution is -2.27. The maximum absolute atomic E-state index is 11.9. The predicted molar refractivity (Wildman–Crippen MR) is 73.6 cm³/mol. The van der Waals surface area contributed by atoms with Crippen LogP contribution in [0.5, 0.6) is 0 Å². The average Bonchev–Trinajstić information content (AvgIpc) is 2.54. The number of anilines is 1. The van der Waals surface area contributed by atoms with Gasteiger partial charge in [0, 0.05) is 16.0 Å². The molecule has 1 saturated heterocycles. The summed E-state index contributed by atoms with van der Waals surface area (Å²) in [5.41, 5.74) is 1.85. The van der Waals surface area contributed by atoms with Gasteiger partial charge in [0.2, 0.25) is 5.91 Å². The first kappa shape index (κ1) is 12.4. The van der Waals surface area contributed by atoms with E-state index in [0.717, 1.165) is 28.7 Å². The standard InChI is InChI=1S/C11H10Br2ClNO/c1-6-4-8(13)10(5-9(6)14)15-3-2-7(12)11(15)16/h4-5,7H,2-3H2,1H3. The first-order chi connectivity index (χ1) is 7.50. The molecule has 0 spiro atoms. The fourth-order valence-electron chi connectivity index (χ4n) is 1.73. The topological polar surface area (TPSA) is 20.3 Å². The number of benzene rings is 1. The highest BCUT2D eigenvalue weighted by Crippen LogP contribution is 2.35. The van der Waals surface area contributed by atoms with Crippen molar-refractivity contribution in [2.24, 2.45) is 0 Å². The smallest absolute Gasteiger partial charge is 0.240 e. The Morgan fingerprint density at radius 3 is 2.75 bits per heavy atom. The molecule has 5 heteroatoms. The normalized spacial score (nSPS) is 20.6. The number of aryl methyl sites for hydroxylation is 1. The molecule has 0 aliphatic carbocycles. The lowest BCUT2D eigenvalue weighted by atomic mass is 10.2. The molecule has 0 radical (unpaired) electrons. The van der Waals surface area contributed by atoms with E-state index < -0.39 is 0 Å². The Balaban J connectivity index is 2.41. The molecule has 0 N–H and O–H groups in total. The number of alkyl halides is 1. The largest absolute Gasteiger partial charge is 0.310 e. The summed E-state index contributed by atoms with van der Waals surface area (Å²) < 4.78 is 0.907. The zero-order chi connectivity index (χ0) is 11.9. The van der Waals surface area contributed by atoms with Gasteiger partial charge in [-0.3, -0.25) is 4.79 Å². The molecule has 0 saturated carbocycles. The SMILES string of the molecule is Cc1cc(Br)c(N2CCC(Br)C2=O)cc1Cl. The predicted octanol–water partition coefficient (Wildman–Crippen LogP) is 3.91. The highest BCUT2D eigenvalue weighted by Gasteiger charge is 2.31. The van der Waals surface area contributed by atoms with E-state index >= 15 is 0 Å². The Labute approximate surface area is 116 Å². The molecular weight excluding hydrogens is 357 g/mol. The van der Waals surface area contributed by atoms with Gasteiger partial charge < -0.3 is 4.90 Å². The van der Waals surface area contributed by atoms with Gasteiger partial charge in [0.1, 0.15) is 0 Å². The number of amides is 1. The molecule has 1 heterocycles. The van der Waals surface area contributed by atoms with Crippen molar-refractivity contribution in [1.82, 2.24) is 0 Å². The number of nitrogens with zero attached hydrogens (tertiary/aromatic N) is 1. The van der Waals surface area contributed by atoms with E-state index in [1.807, 2.05) is 19.1 Å². The van der Waals surface area contributed by atoms with Crippen LogP contribution in [0.15, 0.2) is 16.6 Å². The van der Waals surface area contributed by atoms with Crippen molar-refractivity contribution >= 4 is 55.1 Å². The van der Waals surface area contributed by atoms with E-state index in [1.165, 1.54) is 0 Å². The number of rotatable bonds is 1. The van der Waals surface area contributed by atoms with E-state index in [4.69, 9.17) is 11.6 Å². The molecule has 1 atom stereocenters. The van der Waals surface area contributed by atoms with Gasteiger partial charge in [-0.2, -0.15) is 0 Å². The summed E-state index contributed by atoms with van der Waals surface area (Å²) >= 11 is 12.9. The first-order valence-electron chi connectivity index (χ1n) is 4.92. The van der Waals surface area contributed by atoms with Gasteiger partial charge in [-0.05, 0) is 47.0 Å². The number of carbonyl (C=O) groups is 1. The van der Waals surface area contributed by atoms with Crippen molar-refractivity contribution in [2.75, 3.05) is 11.4 Å². The van der Waals surface area contributed by atoms with E-state index in [1.54, 1.807) is 4.90 Å². The molecule has 0 bridgehead atoms. The van der Waals surface area contributed by atoms with E-state index in [2.05, 4.69) is 31.9 Å². The van der Waals surface area contributed by atoms with Crippen molar-refractivity contribution in [1.29, 1.82) is 0 Å². The van der Waals surface area contributed by atoms with Crippen molar-refractivity contribution in [2.45, 2.75) is 18.2 Å². The van der Waals surface area contributed by atoms with Crippen LogP contribution in [0.1, 0.15) is 12.0 Å². The lowest BCUT2D eigenvalue weighted by molar-refractivity contribution is -0.116. The van der Waals surface area contributed by atoms with Gasteiger partial charge in [0.05, 0.1) is 10.5 Å². The minimum atomic E-state index is -0.0699. The Kier molecular flexibility index (Phi) is 3.62. The number of halogens is 3. The van der Waals surface area contributed by atoms with Crippen LogP contribution in [-0.4, -0.2) is 17.3 Å². The van der Waals surface area contributed by atoms with Crippen LogP contribution >= 0.6 is 43.5 Å². The second-order valence-electron chi connectivity index (χ2n) is 3.80. The molecule has 1 amide bonds. The summed E-state index contributed by atoms with van der Waals surface area (Å²) in [5.74, 6) is 0.0978. The van der Waals surface area contributed by atoms with Gasteiger partial charge in [-0.25, -0.2) is 0 Å². The zero-order valence-corrected chi connectivity index (χ0v) is 12.6. The molecule has 1 unspecified atom stereocenters. The minimum Gasteiger partial charge on any atom is -0.310 e. The second kappa shape index (κ2) is 4.67. The van der Waals surface area contributed by atoms with Crippen LogP contribution in [0.2, 0.25) is 5.02 Å². The Morgan fingerprint density at radius 2 is 2.19 bits per heavy atom. The maximum atomic E-state index is 11.9. The van der Waals surface area contributed by atoms with E-state index in [0.29, 0.717) is 5.02 Å². The monoisotopic (exact) mass is 365 g/mol. The molecule has 1 aliphatic heterocycles. The fourth-order valence-corrected chi connectivity index (χ4v) is 3.01. The summed E-state index contributed by atoms with van der Waals surface area (Å²) in [6.07, 6.45) is 0.830. The molecule has 1 aromatic carbocycles. The third-order valence-electron chi connectivity index (χ3n) is 2.66. The van der Waals surface area contributed by atoms with E-state index in [-0.39, 0.29) is 10.7 Å². The molecule has 1 fully saturated rings. The highest BCUT2D eigenvalue weighted by molar-refractivity contribution is 9.10. The van der Waals surface area contributed by atoms with Crippen molar-refractivity contribution < 1.29 is 4.79 Å². The Hall–Kier alpha value is -0.0600. The van der Waals surface area contributed by atoms with Crippen LogP contribution < -0.4 is 4.90 Å². The summed E-state index contributed by atoms with van der Waals surface area (Å²) in [6, 6.07) is 3.77. The van der Waals surface area contributed by atoms with Crippen LogP contribution in [-0.2, 0) is 4.79 Å². The molecule has 0 aromatic heterocycles. The average molecular weight is 367 g/mol. The van der Waals surface area contributed by atoms with Gasteiger partial charge in [0.25, 0.3) is 0 Å². The Morgan fingerprint density at radius 1 is 1.50 bits per heavy atom. The quantitative estimate of drug-likeness (QED) is 0.689. The van der Waals surface area contributed by atoms with Crippen molar-refractivity contribution in [3.05, 3.63) is 27.2 Å². The van der Waals surface area contributed by atoms with Gasteiger partial charge in [0.15, 0.2) is 0 Å². The van der Waals surface area contributed by atoms with E-state index in [9.17, 15) is 4.79 Å². The van der Waals surface area contributed by atoms with Gasteiger partial charge >= 0.3 is 0 Å². The maximum Gasteiger partial charge on any atom is 0.240 e. The van der Waals surface area contributed by atoms with Gasteiger partial charge in [-0.15, -0.1) is 0 Å². The van der Waals surface area contributed by atoms with Crippen LogP contribution in [0, 0.1) is 6.92 Å². The molecule has 2 rings (SSSR count). The summed E-state index contributed by atoms with van der Waals surface area (Å²) in [4.78, 5) is 13.6. The fraction of sp³-hybridized carbons (Fsp3) is 0.364. The van der Waals surface area contributed by atoms with Crippen LogP contribution in [0.4, 0.5) is 5.69 Å². The minimum absolute atomic E-state index is 0.0699. The summed E-state index contributed by atoms with van der Waals surface area (Å²) in [5, 5.41) is 0.684. The molecule has 1 aliphatic rings. The molecule has 86 valence electrons. The lowest BCUT2D eigenvalue weighted by Gasteiger charge is -2.18. The Bertz CT molecular complexity index is 450. The van der Waals surface area contributed by atoms with Crippen molar-refractivity contribution in [3.8, 4) is 0 Å². The third kappa shape index (κ3) is 2.15.